The minimum absolute atomic E-state index is 0.00838. The van der Waals surface area contributed by atoms with Gasteiger partial charge in [0.2, 0.25) is 0 Å². The van der Waals surface area contributed by atoms with Gasteiger partial charge in [0.1, 0.15) is 10.8 Å². The molecule has 3 heterocycles. The lowest BCUT2D eigenvalue weighted by molar-refractivity contribution is 0.0991. The summed E-state index contributed by atoms with van der Waals surface area (Å²) < 4.78 is 0. The number of likely N-dealkylation sites (N-methyl/N-ethyl adjacent to an activating group) is 1. The van der Waals surface area contributed by atoms with Crippen molar-refractivity contribution in [3.63, 3.8) is 0 Å². The molecule has 0 atom stereocenters. The van der Waals surface area contributed by atoms with Crippen LogP contribution in [0.15, 0.2) is 35.8 Å². The Hall–Kier alpha value is -2.40. The van der Waals surface area contributed by atoms with E-state index < -0.39 is 11.8 Å². The standard InChI is InChI=1S/C23H23Cl3N6O2S/c1-31-4-6-32(7-5-31)11-13-12-35-23(20(13)26)30-22(34)19-16(8-15(25)9-17(19)27)21(33)29-18-3-2-14(24)10-28-18/h2-3,8-10,12H,4-7,11,27H2,1H3,(H,30,34)(H,28,29,33). The summed E-state index contributed by atoms with van der Waals surface area (Å²) >= 11 is 19.9. The lowest BCUT2D eigenvalue weighted by Gasteiger charge is -2.32. The van der Waals surface area contributed by atoms with Crippen molar-refractivity contribution >= 4 is 74.5 Å². The van der Waals surface area contributed by atoms with Crippen molar-refractivity contribution in [1.82, 2.24) is 14.8 Å². The van der Waals surface area contributed by atoms with Crippen LogP contribution in [0.3, 0.4) is 0 Å². The van der Waals surface area contributed by atoms with Gasteiger partial charge in [-0.25, -0.2) is 4.98 Å². The Morgan fingerprint density at radius 3 is 2.49 bits per heavy atom. The minimum atomic E-state index is -0.591. The van der Waals surface area contributed by atoms with Gasteiger partial charge in [-0.05, 0) is 42.3 Å². The van der Waals surface area contributed by atoms with Crippen LogP contribution >= 0.6 is 46.1 Å². The van der Waals surface area contributed by atoms with Gasteiger partial charge in [-0.2, -0.15) is 0 Å². The first-order chi connectivity index (χ1) is 16.7. The zero-order valence-corrected chi connectivity index (χ0v) is 21.9. The molecule has 2 aromatic heterocycles. The van der Waals surface area contributed by atoms with Gasteiger partial charge in [0.25, 0.3) is 11.8 Å². The minimum Gasteiger partial charge on any atom is -0.398 e. The second-order valence-corrected chi connectivity index (χ2v) is 10.3. The van der Waals surface area contributed by atoms with E-state index in [0.29, 0.717) is 21.6 Å². The maximum absolute atomic E-state index is 13.2. The van der Waals surface area contributed by atoms with Crippen molar-refractivity contribution in [3.05, 3.63) is 67.6 Å². The molecule has 4 rings (SSSR count). The van der Waals surface area contributed by atoms with Gasteiger partial charge in [-0.15, -0.1) is 11.3 Å². The zero-order valence-electron chi connectivity index (χ0n) is 18.8. The summed E-state index contributed by atoms with van der Waals surface area (Å²) in [5.74, 6) is -0.894. The average Bonchev–Trinajstić information content (AvgIpc) is 3.15. The second kappa shape index (κ2) is 11.1. The first kappa shape index (κ1) is 25.7. The molecule has 0 unspecified atom stereocenters. The highest BCUT2D eigenvalue weighted by Crippen LogP contribution is 2.35. The smallest absolute Gasteiger partial charge is 0.259 e. The van der Waals surface area contributed by atoms with E-state index in [2.05, 4.69) is 32.5 Å². The molecule has 1 saturated heterocycles. The van der Waals surface area contributed by atoms with Crippen molar-refractivity contribution in [2.75, 3.05) is 49.6 Å². The van der Waals surface area contributed by atoms with Crippen molar-refractivity contribution in [1.29, 1.82) is 0 Å². The number of piperazine rings is 1. The highest BCUT2D eigenvalue weighted by molar-refractivity contribution is 7.15. The molecule has 3 aromatic rings. The number of carbonyl (C=O) groups is 2. The monoisotopic (exact) mass is 552 g/mol. The van der Waals surface area contributed by atoms with Crippen LogP contribution in [0.1, 0.15) is 26.3 Å². The van der Waals surface area contributed by atoms with Crippen LogP contribution < -0.4 is 16.4 Å². The predicted molar refractivity (Wildman–Crippen MR) is 143 cm³/mol. The van der Waals surface area contributed by atoms with Crippen LogP contribution in [0.2, 0.25) is 15.1 Å². The summed E-state index contributed by atoms with van der Waals surface area (Å²) in [7, 11) is 2.10. The quantitative estimate of drug-likeness (QED) is 0.374. The fraction of sp³-hybridized carbons (Fsp3) is 0.261. The molecule has 184 valence electrons. The normalized spacial score (nSPS) is 14.6. The second-order valence-electron chi connectivity index (χ2n) is 8.17. The number of anilines is 3. The molecule has 35 heavy (non-hydrogen) atoms. The molecular formula is C23H23Cl3N6O2S. The molecule has 0 bridgehead atoms. The maximum atomic E-state index is 13.2. The molecule has 1 aliphatic rings. The predicted octanol–water partition coefficient (Wildman–Crippen LogP) is 4.94. The number of carbonyl (C=O) groups excluding carboxylic acids is 2. The number of thiophene rings is 1. The van der Waals surface area contributed by atoms with Crippen LogP contribution in [-0.4, -0.2) is 59.8 Å². The number of hydrogen-bond donors (Lipinski definition) is 3. The van der Waals surface area contributed by atoms with E-state index in [-0.39, 0.29) is 27.7 Å². The molecule has 0 spiro atoms. The lowest BCUT2D eigenvalue weighted by atomic mass is 10.0. The first-order valence-electron chi connectivity index (χ1n) is 10.7. The summed E-state index contributed by atoms with van der Waals surface area (Å²) in [6.07, 6.45) is 1.40. The van der Waals surface area contributed by atoms with E-state index in [0.717, 1.165) is 31.7 Å². The number of nitrogens with one attached hydrogen (secondary N) is 2. The molecule has 0 aliphatic carbocycles. The Bertz CT molecular complexity index is 1240. The van der Waals surface area contributed by atoms with E-state index >= 15 is 0 Å². The van der Waals surface area contributed by atoms with Gasteiger partial charge in [0.15, 0.2) is 0 Å². The van der Waals surface area contributed by atoms with Crippen molar-refractivity contribution in [2.45, 2.75) is 6.54 Å². The van der Waals surface area contributed by atoms with Crippen LogP contribution in [0, 0.1) is 0 Å². The number of aromatic nitrogens is 1. The Morgan fingerprint density at radius 2 is 1.80 bits per heavy atom. The van der Waals surface area contributed by atoms with E-state index in [4.69, 9.17) is 40.5 Å². The number of nitrogen functional groups attached to an aromatic ring is 1. The summed E-state index contributed by atoms with van der Waals surface area (Å²) in [4.78, 5) is 34.9. The van der Waals surface area contributed by atoms with E-state index in [9.17, 15) is 9.59 Å². The van der Waals surface area contributed by atoms with Crippen molar-refractivity contribution < 1.29 is 9.59 Å². The van der Waals surface area contributed by atoms with Gasteiger partial charge < -0.3 is 21.3 Å². The average molecular weight is 554 g/mol. The summed E-state index contributed by atoms with van der Waals surface area (Å²) in [5, 5.41) is 8.97. The van der Waals surface area contributed by atoms with Gasteiger partial charge in [-0.1, -0.05) is 34.8 Å². The Kier molecular flexibility index (Phi) is 8.16. The number of nitrogens with zero attached hydrogens (tertiary/aromatic N) is 3. The van der Waals surface area contributed by atoms with Gasteiger partial charge in [-0.3, -0.25) is 14.5 Å². The zero-order chi connectivity index (χ0) is 25.1. The number of amides is 2. The summed E-state index contributed by atoms with van der Waals surface area (Å²) in [5.41, 5.74) is 7.11. The maximum Gasteiger partial charge on any atom is 0.259 e. The van der Waals surface area contributed by atoms with Gasteiger partial charge in [0, 0.05) is 49.6 Å². The Labute approximate surface area is 222 Å². The number of nitrogens with two attached hydrogens (primary N) is 1. The number of pyridine rings is 1. The van der Waals surface area contributed by atoms with Crippen LogP contribution in [-0.2, 0) is 6.54 Å². The third kappa shape index (κ3) is 6.24. The third-order valence-electron chi connectivity index (χ3n) is 5.59. The van der Waals surface area contributed by atoms with Crippen molar-refractivity contribution in [2.24, 2.45) is 0 Å². The van der Waals surface area contributed by atoms with Crippen molar-refractivity contribution in [3.8, 4) is 0 Å². The Morgan fingerprint density at radius 1 is 1.06 bits per heavy atom. The highest BCUT2D eigenvalue weighted by Gasteiger charge is 2.24. The fourth-order valence-corrected chi connectivity index (χ4v) is 5.21. The molecule has 1 fully saturated rings. The van der Waals surface area contributed by atoms with Crippen LogP contribution in [0.4, 0.5) is 16.5 Å². The van der Waals surface area contributed by atoms with E-state index in [1.54, 1.807) is 12.1 Å². The van der Waals surface area contributed by atoms with Gasteiger partial charge in [0.05, 0.1) is 21.2 Å². The molecule has 1 aliphatic heterocycles. The third-order valence-corrected chi connectivity index (χ3v) is 7.52. The summed E-state index contributed by atoms with van der Waals surface area (Å²) in [6.45, 7) is 4.60. The topological polar surface area (TPSA) is 104 Å². The molecule has 8 nitrogen and oxygen atoms in total. The summed E-state index contributed by atoms with van der Waals surface area (Å²) in [6, 6.07) is 5.93. The van der Waals surface area contributed by atoms with E-state index in [1.807, 2.05) is 5.38 Å². The lowest BCUT2D eigenvalue weighted by Crippen LogP contribution is -2.43. The molecule has 12 heteroatoms. The molecular weight excluding hydrogens is 531 g/mol. The molecule has 4 N–H and O–H groups in total. The molecule has 1 aromatic carbocycles. The molecule has 2 amide bonds. The highest BCUT2D eigenvalue weighted by atomic mass is 35.5. The molecule has 0 radical (unpaired) electrons. The fourth-order valence-electron chi connectivity index (χ4n) is 3.68. The number of benzene rings is 1. The molecule has 0 saturated carbocycles. The Balaban J connectivity index is 1.53. The van der Waals surface area contributed by atoms with Crippen LogP contribution in [0.25, 0.3) is 0 Å². The first-order valence-corrected chi connectivity index (χ1v) is 12.7. The van der Waals surface area contributed by atoms with Gasteiger partial charge >= 0.3 is 0 Å². The van der Waals surface area contributed by atoms with Crippen LogP contribution in [0.5, 0.6) is 0 Å². The van der Waals surface area contributed by atoms with E-state index in [1.165, 1.54) is 29.7 Å². The number of rotatable bonds is 6. The number of halogens is 3. The number of hydrogen-bond acceptors (Lipinski definition) is 7. The largest absolute Gasteiger partial charge is 0.398 e. The SMILES string of the molecule is CN1CCN(Cc2csc(NC(=O)c3c(N)cc(Cl)cc3C(=O)Nc3ccc(Cl)cn3)c2Cl)CC1.